The van der Waals surface area contributed by atoms with Gasteiger partial charge in [0.1, 0.15) is 23.1 Å². The van der Waals surface area contributed by atoms with Gasteiger partial charge in [0.25, 0.3) is 0 Å². The number of aliphatic hydroxyl groups is 2. The third-order valence-corrected chi connectivity index (χ3v) is 10.4. The number of cyclic esters (lactones) is 2. The summed E-state index contributed by atoms with van der Waals surface area (Å²) in [5.74, 6) is -2.57. The molecule has 0 amide bonds. The second-order valence-corrected chi connectivity index (χ2v) is 12.3. The van der Waals surface area contributed by atoms with Gasteiger partial charge in [0, 0.05) is 34.7 Å². The molecule has 2 N–H and O–H groups in total. The molecule has 4 heterocycles. The Balaban J connectivity index is 1.56. The second kappa shape index (κ2) is 6.55. The van der Waals surface area contributed by atoms with Crippen LogP contribution in [-0.2, 0) is 28.6 Å². The van der Waals surface area contributed by atoms with Crippen LogP contribution in [0, 0.1) is 28.1 Å². The summed E-state index contributed by atoms with van der Waals surface area (Å²) in [6.07, 6.45) is -0.973. The van der Waals surface area contributed by atoms with Crippen LogP contribution >= 0.6 is 0 Å². The topological polar surface area (TPSA) is 136 Å². The van der Waals surface area contributed by atoms with E-state index in [1.807, 2.05) is 13.8 Å². The molecule has 3 aliphatic heterocycles. The maximum Gasteiger partial charge on any atom is 0.339 e. The van der Waals surface area contributed by atoms with Crippen molar-refractivity contribution in [2.75, 3.05) is 0 Å². The zero-order valence-electron chi connectivity index (χ0n) is 20.6. The highest BCUT2D eigenvalue weighted by Gasteiger charge is 2.90. The van der Waals surface area contributed by atoms with Crippen molar-refractivity contribution in [3.8, 4) is 0 Å². The van der Waals surface area contributed by atoms with Gasteiger partial charge in [-0.3, -0.25) is 9.59 Å². The standard InChI is InChI=1S/C26H32O9/c1-22(2)14-8-16(29)25(5)18(24(14,4)15(28)9-17(30)34-22)13(27)10-23(3)19(12-6-7-32-11-12)33-21(31)20-26(23,25)35-20/h6-7,11,13-15,18-20,27-28H,8-10H2,1-5H3/t13-,14-,15-,18-,19-,20+,23+,24+,25-,26+/m1/s1. The zero-order valence-corrected chi connectivity index (χ0v) is 20.6. The molecule has 0 aromatic carbocycles. The Morgan fingerprint density at radius 2 is 1.71 bits per heavy atom. The Hall–Kier alpha value is -2.23. The lowest BCUT2D eigenvalue weighted by atomic mass is 9.36. The van der Waals surface area contributed by atoms with Crippen LogP contribution in [0.3, 0.4) is 0 Å². The highest BCUT2D eigenvalue weighted by Crippen LogP contribution is 2.78. The van der Waals surface area contributed by atoms with Crippen molar-refractivity contribution in [2.24, 2.45) is 28.1 Å². The SMILES string of the molecule is CC1(C)OC(=O)C[C@@H](O)[C@]2(C)[C@@H]1CC(=O)[C@]1(C)[C@@H]2[C@H](O)C[C@@]2(C)[C@@H](c3ccoc3)OC(=O)[C@@H]3O[C@@]321. The molecule has 1 aromatic rings. The van der Waals surface area contributed by atoms with Gasteiger partial charge in [0.05, 0.1) is 36.6 Å². The molecule has 2 aliphatic carbocycles. The number of ketones is 1. The molecule has 6 rings (SSSR count). The minimum Gasteiger partial charge on any atom is -0.472 e. The first-order valence-electron chi connectivity index (χ1n) is 12.3. The molecule has 5 aliphatic rings. The molecule has 1 spiro atoms. The van der Waals surface area contributed by atoms with Gasteiger partial charge in [0.15, 0.2) is 6.10 Å². The first-order chi connectivity index (χ1) is 16.2. The molecule has 35 heavy (non-hydrogen) atoms. The van der Waals surface area contributed by atoms with E-state index in [-0.39, 0.29) is 25.0 Å². The Bertz CT molecular complexity index is 1130. The summed E-state index contributed by atoms with van der Waals surface area (Å²) in [5, 5.41) is 23.3. The van der Waals surface area contributed by atoms with E-state index in [1.165, 1.54) is 12.5 Å². The lowest BCUT2D eigenvalue weighted by Gasteiger charge is -2.67. The maximum absolute atomic E-state index is 14.2. The second-order valence-electron chi connectivity index (χ2n) is 12.3. The average molecular weight is 489 g/mol. The average Bonchev–Trinajstić information content (AvgIpc) is 3.34. The van der Waals surface area contributed by atoms with E-state index in [0.717, 1.165) is 0 Å². The van der Waals surface area contributed by atoms with Crippen LogP contribution in [0.25, 0.3) is 0 Å². The number of Topliss-reactive ketones (excluding diaryl/α,β-unsaturated/α-hetero) is 1. The molecule has 3 saturated heterocycles. The van der Waals surface area contributed by atoms with Gasteiger partial charge in [-0.25, -0.2) is 4.79 Å². The molecule has 0 bridgehead atoms. The van der Waals surface area contributed by atoms with E-state index in [2.05, 4.69) is 0 Å². The quantitative estimate of drug-likeness (QED) is 0.450. The van der Waals surface area contributed by atoms with E-state index in [4.69, 9.17) is 18.6 Å². The number of aliphatic hydroxyl groups excluding tert-OH is 2. The number of epoxide rings is 1. The number of hydrogen-bond acceptors (Lipinski definition) is 9. The summed E-state index contributed by atoms with van der Waals surface area (Å²) in [6.45, 7) is 9.01. The number of ether oxygens (including phenoxy) is 3. The smallest absolute Gasteiger partial charge is 0.339 e. The summed E-state index contributed by atoms with van der Waals surface area (Å²) >= 11 is 0. The monoisotopic (exact) mass is 488 g/mol. The van der Waals surface area contributed by atoms with Crippen LogP contribution in [-0.4, -0.2) is 57.4 Å². The van der Waals surface area contributed by atoms with Crippen LogP contribution in [0.1, 0.15) is 65.5 Å². The molecule has 5 fully saturated rings. The molecule has 0 radical (unpaired) electrons. The highest BCUT2D eigenvalue weighted by molar-refractivity contribution is 5.93. The van der Waals surface area contributed by atoms with Crippen LogP contribution in [0.2, 0.25) is 0 Å². The number of fused-ring (bicyclic) bond motifs is 3. The number of esters is 2. The summed E-state index contributed by atoms with van der Waals surface area (Å²) in [4.78, 5) is 39.9. The first-order valence-corrected chi connectivity index (χ1v) is 12.3. The van der Waals surface area contributed by atoms with Crippen molar-refractivity contribution in [3.63, 3.8) is 0 Å². The number of hydrogen-bond donors (Lipinski definition) is 2. The Morgan fingerprint density at radius 1 is 1.00 bits per heavy atom. The third-order valence-electron chi connectivity index (χ3n) is 10.4. The van der Waals surface area contributed by atoms with Crippen molar-refractivity contribution < 1.29 is 43.2 Å². The first kappa shape index (κ1) is 23.2. The molecule has 9 nitrogen and oxygen atoms in total. The molecular weight excluding hydrogens is 456 g/mol. The third kappa shape index (κ3) is 2.42. The fraction of sp³-hybridized carbons (Fsp3) is 0.731. The largest absolute Gasteiger partial charge is 0.472 e. The zero-order chi connectivity index (χ0) is 25.3. The van der Waals surface area contributed by atoms with Crippen molar-refractivity contribution in [2.45, 2.75) is 89.5 Å². The van der Waals surface area contributed by atoms with Crippen molar-refractivity contribution >= 4 is 17.7 Å². The summed E-state index contributed by atoms with van der Waals surface area (Å²) in [7, 11) is 0. The van der Waals surface area contributed by atoms with Crippen molar-refractivity contribution in [3.05, 3.63) is 24.2 Å². The number of carbonyl (C=O) groups is 3. The maximum atomic E-state index is 14.2. The van der Waals surface area contributed by atoms with E-state index in [0.29, 0.717) is 5.56 Å². The molecule has 2 saturated carbocycles. The van der Waals surface area contributed by atoms with Gasteiger partial charge >= 0.3 is 11.9 Å². The van der Waals surface area contributed by atoms with Gasteiger partial charge in [-0.15, -0.1) is 0 Å². The van der Waals surface area contributed by atoms with Gasteiger partial charge in [-0.1, -0.05) is 13.8 Å². The molecular formula is C26H32O9. The van der Waals surface area contributed by atoms with Crippen molar-refractivity contribution in [1.29, 1.82) is 0 Å². The van der Waals surface area contributed by atoms with Gasteiger partial charge in [-0.05, 0) is 33.3 Å². The minimum atomic E-state index is -1.32. The summed E-state index contributed by atoms with van der Waals surface area (Å²) < 4.78 is 23.0. The predicted octanol–water partition coefficient (Wildman–Crippen LogP) is 2.09. The molecule has 9 heteroatoms. The van der Waals surface area contributed by atoms with Crippen molar-refractivity contribution in [1.82, 2.24) is 0 Å². The lowest BCUT2D eigenvalue weighted by Crippen LogP contribution is -2.75. The predicted molar refractivity (Wildman–Crippen MR) is 117 cm³/mol. The molecule has 190 valence electrons. The lowest BCUT2D eigenvalue weighted by molar-refractivity contribution is -0.257. The summed E-state index contributed by atoms with van der Waals surface area (Å²) in [6, 6.07) is 1.71. The van der Waals surface area contributed by atoms with Crippen LogP contribution < -0.4 is 0 Å². The van der Waals surface area contributed by atoms with Crippen LogP contribution in [0.4, 0.5) is 0 Å². The Morgan fingerprint density at radius 3 is 2.37 bits per heavy atom. The summed E-state index contributed by atoms with van der Waals surface area (Å²) in [5.41, 5.74) is -4.94. The molecule has 0 unspecified atom stereocenters. The fourth-order valence-corrected chi connectivity index (χ4v) is 9.05. The van der Waals surface area contributed by atoms with E-state index in [1.54, 1.807) is 26.8 Å². The van der Waals surface area contributed by atoms with E-state index in [9.17, 15) is 24.6 Å². The molecule has 1 aromatic heterocycles. The molecule has 10 atom stereocenters. The number of carbonyl (C=O) groups excluding carboxylic acids is 3. The number of furan rings is 1. The van der Waals surface area contributed by atoms with Gasteiger partial charge in [-0.2, -0.15) is 0 Å². The van der Waals surface area contributed by atoms with E-state index < -0.39 is 75.6 Å². The van der Waals surface area contributed by atoms with Gasteiger partial charge < -0.3 is 28.8 Å². The number of rotatable bonds is 1. The van der Waals surface area contributed by atoms with Gasteiger partial charge in [0.2, 0.25) is 0 Å². The van der Waals surface area contributed by atoms with Crippen LogP contribution in [0.15, 0.2) is 23.0 Å². The highest BCUT2D eigenvalue weighted by atomic mass is 16.7. The van der Waals surface area contributed by atoms with Crippen LogP contribution in [0.5, 0.6) is 0 Å². The Labute approximate surface area is 203 Å². The normalized spacial score (nSPS) is 52.1. The van der Waals surface area contributed by atoms with E-state index >= 15 is 0 Å². The fourth-order valence-electron chi connectivity index (χ4n) is 9.05. The Kier molecular flexibility index (Phi) is 4.34. The minimum absolute atomic E-state index is 0.0207.